The summed E-state index contributed by atoms with van der Waals surface area (Å²) in [5.41, 5.74) is -0.793. The minimum absolute atomic E-state index is 0.133. The standard InChI is InChI=1S/C14H27NO2/c1-4-11(2)14(3,17)10-15-13(16)12-8-6-5-7-9-12/h11-12,17H,4-10H2,1-3H3,(H,15,16). The van der Waals surface area contributed by atoms with Crippen molar-refractivity contribution in [3.63, 3.8) is 0 Å². The van der Waals surface area contributed by atoms with E-state index in [4.69, 9.17) is 0 Å². The Morgan fingerprint density at radius 2 is 2.00 bits per heavy atom. The summed E-state index contributed by atoms with van der Waals surface area (Å²) in [5.74, 6) is 0.513. The van der Waals surface area contributed by atoms with Crippen LogP contribution >= 0.6 is 0 Å². The first kappa shape index (κ1) is 14.5. The van der Waals surface area contributed by atoms with Crippen molar-refractivity contribution in [1.82, 2.24) is 5.32 Å². The van der Waals surface area contributed by atoms with E-state index in [0.717, 1.165) is 19.3 Å². The van der Waals surface area contributed by atoms with Gasteiger partial charge in [0.2, 0.25) is 5.91 Å². The smallest absolute Gasteiger partial charge is 0.223 e. The minimum atomic E-state index is -0.793. The number of carbonyl (C=O) groups is 1. The van der Waals surface area contributed by atoms with Crippen molar-refractivity contribution in [2.75, 3.05) is 6.54 Å². The predicted octanol–water partition coefficient (Wildman–Crippen LogP) is 2.48. The van der Waals surface area contributed by atoms with E-state index in [1.54, 1.807) is 0 Å². The predicted molar refractivity (Wildman–Crippen MR) is 69.7 cm³/mol. The normalized spacial score (nSPS) is 22.8. The van der Waals surface area contributed by atoms with Crippen LogP contribution in [0.4, 0.5) is 0 Å². The fourth-order valence-corrected chi connectivity index (χ4v) is 2.39. The molecule has 0 bridgehead atoms. The topological polar surface area (TPSA) is 49.3 Å². The quantitative estimate of drug-likeness (QED) is 0.777. The summed E-state index contributed by atoms with van der Waals surface area (Å²) in [5, 5.41) is 13.1. The number of carbonyl (C=O) groups excluding carboxylic acids is 1. The largest absolute Gasteiger partial charge is 0.388 e. The summed E-state index contributed by atoms with van der Waals surface area (Å²) in [7, 11) is 0. The van der Waals surface area contributed by atoms with Gasteiger partial charge in [0.25, 0.3) is 0 Å². The van der Waals surface area contributed by atoms with Gasteiger partial charge in [0.1, 0.15) is 0 Å². The molecule has 0 aromatic rings. The Morgan fingerprint density at radius 3 is 2.53 bits per heavy atom. The fraction of sp³-hybridized carbons (Fsp3) is 0.929. The van der Waals surface area contributed by atoms with Crippen LogP contribution in [0.25, 0.3) is 0 Å². The molecule has 100 valence electrons. The first-order valence-electron chi connectivity index (χ1n) is 6.97. The van der Waals surface area contributed by atoms with Crippen LogP contribution < -0.4 is 5.32 Å². The Balaban J connectivity index is 2.36. The zero-order valence-electron chi connectivity index (χ0n) is 11.5. The molecule has 2 unspecified atom stereocenters. The van der Waals surface area contributed by atoms with Crippen LogP contribution in [0.1, 0.15) is 59.3 Å². The number of hydrogen-bond acceptors (Lipinski definition) is 2. The Morgan fingerprint density at radius 1 is 1.41 bits per heavy atom. The lowest BCUT2D eigenvalue weighted by Gasteiger charge is -2.31. The molecule has 17 heavy (non-hydrogen) atoms. The molecule has 0 heterocycles. The second-order valence-corrected chi connectivity index (χ2v) is 5.72. The fourth-order valence-electron chi connectivity index (χ4n) is 2.39. The van der Waals surface area contributed by atoms with Gasteiger partial charge in [0.05, 0.1) is 5.60 Å². The van der Waals surface area contributed by atoms with Crippen molar-refractivity contribution in [1.29, 1.82) is 0 Å². The zero-order valence-corrected chi connectivity index (χ0v) is 11.5. The van der Waals surface area contributed by atoms with Gasteiger partial charge in [0.15, 0.2) is 0 Å². The summed E-state index contributed by atoms with van der Waals surface area (Å²) < 4.78 is 0. The maximum Gasteiger partial charge on any atom is 0.223 e. The SMILES string of the molecule is CCC(C)C(C)(O)CNC(=O)C1CCCCC1. The Bertz CT molecular complexity index is 245. The van der Waals surface area contributed by atoms with Crippen molar-refractivity contribution in [2.24, 2.45) is 11.8 Å². The number of aliphatic hydroxyl groups is 1. The monoisotopic (exact) mass is 241 g/mol. The van der Waals surface area contributed by atoms with Gasteiger partial charge in [-0.15, -0.1) is 0 Å². The number of rotatable bonds is 5. The van der Waals surface area contributed by atoms with Crippen LogP contribution in [-0.2, 0) is 4.79 Å². The average Bonchev–Trinajstić information content (AvgIpc) is 2.36. The lowest BCUT2D eigenvalue weighted by molar-refractivity contribution is -0.127. The van der Waals surface area contributed by atoms with Crippen molar-refractivity contribution in [3.8, 4) is 0 Å². The Hall–Kier alpha value is -0.570. The van der Waals surface area contributed by atoms with Crippen molar-refractivity contribution in [3.05, 3.63) is 0 Å². The van der Waals surface area contributed by atoms with Crippen LogP contribution in [0.3, 0.4) is 0 Å². The number of hydrogen-bond donors (Lipinski definition) is 2. The second kappa shape index (κ2) is 6.39. The third-order valence-electron chi connectivity index (χ3n) is 4.27. The highest BCUT2D eigenvalue weighted by atomic mass is 16.3. The number of amides is 1. The molecule has 1 amide bonds. The summed E-state index contributed by atoms with van der Waals surface area (Å²) in [6, 6.07) is 0. The Kier molecular flexibility index (Phi) is 5.44. The van der Waals surface area contributed by atoms with Crippen molar-refractivity contribution in [2.45, 2.75) is 64.9 Å². The van der Waals surface area contributed by atoms with Crippen LogP contribution in [0.5, 0.6) is 0 Å². The van der Waals surface area contributed by atoms with Crippen molar-refractivity contribution >= 4 is 5.91 Å². The molecule has 3 nitrogen and oxygen atoms in total. The second-order valence-electron chi connectivity index (χ2n) is 5.72. The van der Waals surface area contributed by atoms with E-state index in [1.165, 1.54) is 19.3 Å². The van der Waals surface area contributed by atoms with Crippen LogP contribution in [0.15, 0.2) is 0 Å². The van der Waals surface area contributed by atoms with Crippen LogP contribution in [0, 0.1) is 11.8 Å². The van der Waals surface area contributed by atoms with Crippen LogP contribution in [0.2, 0.25) is 0 Å². The van der Waals surface area contributed by atoms with Gasteiger partial charge in [-0.3, -0.25) is 4.79 Å². The lowest BCUT2D eigenvalue weighted by atomic mass is 9.87. The molecule has 2 atom stereocenters. The third kappa shape index (κ3) is 4.30. The molecule has 0 aromatic carbocycles. The highest BCUT2D eigenvalue weighted by molar-refractivity contribution is 5.78. The highest BCUT2D eigenvalue weighted by Crippen LogP contribution is 2.24. The Labute approximate surface area is 105 Å². The van der Waals surface area contributed by atoms with E-state index in [0.29, 0.717) is 6.54 Å². The molecule has 0 spiro atoms. The molecule has 0 aromatic heterocycles. The molecule has 1 saturated carbocycles. The van der Waals surface area contributed by atoms with Gasteiger partial charge in [-0.05, 0) is 25.7 Å². The lowest BCUT2D eigenvalue weighted by Crippen LogP contribution is -2.46. The van der Waals surface area contributed by atoms with Gasteiger partial charge >= 0.3 is 0 Å². The maximum atomic E-state index is 11.9. The average molecular weight is 241 g/mol. The van der Waals surface area contributed by atoms with Crippen molar-refractivity contribution < 1.29 is 9.90 Å². The molecular weight excluding hydrogens is 214 g/mol. The molecule has 0 saturated heterocycles. The first-order valence-corrected chi connectivity index (χ1v) is 6.97. The molecule has 0 aliphatic heterocycles. The minimum Gasteiger partial charge on any atom is -0.388 e. The van der Waals surface area contributed by atoms with Gasteiger partial charge in [0, 0.05) is 12.5 Å². The zero-order chi connectivity index (χ0) is 12.9. The molecule has 0 radical (unpaired) electrons. The molecule has 1 rings (SSSR count). The first-order chi connectivity index (χ1) is 7.97. The molecule has 1 aliphatic carbocycles. The summed E-state index contributed by atoms with van der Waals surface area (Å²) in [6.45, 7) is 6.26. The molecular formula is C14H27NO2. The molecule has 1 fully saturated rings. The molecule has 3 heteroatoms. The highest BCUT2D eigenvalue weighted by Gasteiger charge is 2.29. The van der Waals surface area contributed by atoms with E-state index in [2.05, 4.69) is 12.2 Å². The van der Waals surface area contributed by atoms with E-state index < -0.39 is 5.60 Å². The van der Waals surface area contributed by atoms with E-state index >= 15 is 0 Å². The maximum absolute atomic E-state index is 11.9. The van der Waals surface area contributed by atoms with Gasteiger partial charge < -0.3 is 10.4 Å². The van der Waals surface area contributed by atoms with E-state index in [1.807, 2.05) is 13.8 Å². The summed E-state index contributed by atoms with van der Waals surface area (Å²) in [6.07, 6.45) is 6.54. The summed E-state index contributed by atoms with van der Waals surface area (Å²) in [4.78, 5) is 11.9. The van der Waals surface area contributed by atoms with Gasteiger partial charge in [-0.25, -0.2) is 0 Å². The van der Waals surface area contributed by atoms with Gasteiger partial charge in [-0.1, -0.05) is 39.5 Å². The van der Waals surface area contributed by atoms with Crippen LogP contribution in [-0.4, -0.2) is 23.2 Å². The third-order valence-corrected chi connectivity index (χ3v) is 4.27. The number of nitrogens with one attached hydrogen (secondary N) is 1. The molecule has 1 aliphatic rings. The van der Waals surface area contributed by atoms with E-state index in [-0.39, 0.29) is 17.7 Å². The van der Waals surface area contributed by atoms with Gasteiger partial charge in [-0.2, -0.15) is 0 Å². The molecule has 2 N–H and O–H groups in total. The van der Waals surface area contributed by atoms with E-state index in [9.17, 15) is 9.90 Å². The summed E-state index contributed by atoms with van der Waals surface area (Å²) >= 11 is 0.